The fourth-order valence-corrected chi connectivity index (χ4v) is 1.13. The third kappa shape index (κ3) is 1.77. The van der Waals surface area contributed by atoms with E-state index >= 15 is 0 Å². The van der Waals surface area contributed by atoms with Crippen molar-refractivity contribution < 1.29 is 4.79 Å². The molecule has 2 N–H and O–H groups in total. The Labute approximate surface area is 72.7 Å². The second kappa shape index (κ2) is 3.00. The first-order chi connectivity index (χ1) is 5.11. The van der Waals surface area contributed by atoms with Crippen molar-refractivity contribution in [2.24, 2.45) is 5.73 Å². The van der Waals surface area contributed by atoms with Crippen LogP contribution in [0.4, 0.5) is 0 Å². The summed E-state index contributed by atoms with van der Waals surface area (Å²) >= 11 is 3.17. The zero-order valence-electron chi connectivity index (χ0n) is 5.97. The van der Waals surface area contributed by atoms with Crippen LogP contribution in [0.5, 0.6) is 0 Å². The van der Waals surface area contributed by atoms with Crippen molar-refractivity contribution >= 4 is 21.8 Å². The van der Waals surface area contributed by atoms with Crippen molar-refractivity contribution in [2.75, 3.05) is 0 Å². The highest BCUT2D eigenvalue weighted by molar-refractivity contribution is 9.10. The maximum atomic E-state index is 10.7. The normalized spacial score (nSPS) is 9.64. The van der Waals surface area contributed by atoms with E-state index in [1.165, 1.54) is 0 Å². The highest BCUT2D eigenvalue weighted by atomic mass is 79.9. The van der Waals surface area contributed by atoms with Crippen LogP contribution in [0.3, 0.4) is 0 Å². The molecule has 0 aliphatic carbocycles. The Hall–Kier alpha value is -0.900. The molecule has 0 bridgehead atoms. The van der Waals surface area contributed by atoms with Crippen molar-refractivity contribution in [1.82, 2.24) is 4.98 Å². The average molecular weight is 215 g/mol. The fraction of sp³-hybridized carbons (Fsp3) is 0.143. The quantitative estimate of drug-likeness (QED) is 0.766. The van der Waals surface area contributed by atoms with Crippen LogP contribution in [0, 0.1) is 6.92 Å². The van der Waals surface area contributed by atoms with Crippen LogP contribution in [-0.2, 0) is 0 Å². The summed E-state index contributed by atoms with van der Waals surface area (Å²) in [5.41, 5.74) is 6.11. The maximum absolute atomic E-state index is 10.7. The van der Waals surface area contributed by atoms with Gasteiger partial charge in [-0.3, -0.25) is 4.79 Å². The second-order valence-corrected chi connectivity index (χ2v) is 3.00. The van der Waals surface area contributed by atoms with E-state index in [0.29, 0.717) is 4.47 Å². The Kier molecular flexibility index (Phi) is 2.24. The zero-order chi connectivity index (χ0) is 8.43. The number of aryl methyl sites for hydroxylation is 1. The van der Waals surface area contributed by atoms with Crippen molar-refractivity contribution in [3.05, 3.63) is 28.0 Å². The standard InChI is InChI=1S/C7H7BrN2O/c1-4-2-3-5(8)6(10-4)7(9)11/h2-3H,1H3,(H2,9,11). The van der Waals surface area contributed by atoms with Crippen LogP contribution >= 0.6 is 15.9 Å². The predicted octanol–water partition coefficient (Wildman–Crippen LogP) is 1.25. The summed E-state index contributed by atoms with van der Waals surface area (Å²) in [7, 11) is 0. The van der Waals surface area contributed by atoms with Gasteiger partial charge in [-0.25, -0.2) is 4.98 Å². The van der Waals surface area contributed by atoms with E-state index in [0.717, 1.165) is 5.69 Å². The molecule has 0 aliphatic heterocycles. The molecule has 0 radical (unpaired) electrons. The molecule has 0 aromatic carbocycles. The molecule has 3 nitrogen and oxygen atoms in total. The molecule has 0 fully saturated rings. The first kappa shape index (κ1) is 8.20. The third-order valence-electron chi connectivity index (χ3n) is 1.22. The number of nitrogens with two attached hydrogens (primary N) is 1. The van der Waals surface area contributed by atoms with E-state index in [1.807, 2.05) is 0 Å². The average Bonchev–Trinajstić information content (AvgIpc) is 1.94. The number of rotatable bonds is 1. The topological polar surface area (TPSA) is 56.0 Å². The number of hydrogen-bond donors (Lipinski definition) is 1. The number of pyridine rings is 1. The van der Waals surface area contributed by atoms with Crippen LogP contribution < -0.4 is 5.73 Å². The molecule has 0 aliphatic rings. The van der Waals surface area contributed by atoms with Crippen LogP contribution in [-0.4, -0.2) is 10.9 Å². The Balaban J connectivity index is 3.23. The molecular formula is C7H7BrN2O. The number of carbonyl (C=O) groups excluding carboxylic acids is 1. The van der Waals surface area contributed by atoms with Gasteiger partial charge in [0.1, 0.15) is 5.69 Å². The third-order valence-corrected chi connectivity index (χ3v) is 1.86. The summed E-state index contributed by atoms with van der Waals surface area (Å²) in [5.74, 6) is -0.513. The van der Waals surface area contributed by atoms with E-state index in [2.05, 4.69) is 20.9 Å². The van der Waals surface area contributed by atoms with Gasteiger partial charge in [-0.2, -0.15) is 0 Å². The van der Waals surface area contributed by atoms with Crippen molar-refractivity contribution in [3.8, 4) is 0 Å². The number of carbonyl (C=O) groups is 1. The summed E-state index contributed by atoms with van der Waals surface area (Å²) in [5, 5.41) is 0. The molecule has 0 saturated carbocycles. The Morgan fingerprint density at radius 1 is 1.64 bits per heavy atom. The van der Waals surface area contributed by atoms with Crippen LogP contribution in [0.15, 0.2) is 16.6 Å². The molecule has 1 aromatic heterocycles. The number of hydrogen-bond acceptors (Lipinski definition) is 2. The van der Waals surface area contributed by atoms with Gasteiger partial charge in [-0.1, -0.05) is 0 Å². The van der Waals surface area contributed by atoms with Gasteiger partial charge in [-0.05, 0) is 35.0 Å². The predicted molar refractivity (Wildman–Crippen MR) is 45.2 cm³/mol. The largest absolute Gasteiger partial charge is 0.364 e. The minimum absolute atomic E-state index is 0.282. The van der Waals surface area contributed by atoms with E-state index < -0.39 is 5.91 Å². The minimum Gasteiger partial charge on any atom is -0.364 e. The van der Waals surface area contributed by atoms with Crippen LogP contribution in [0.2, 0.25) is 0 Å². The highest BCUT2D eigenvalue weighted by Crippen LogP contribution is 2.13. The molecule has 1 amide bonds. The minimum atomic E-state index is -0.513. The van der Waals surface area contributed by atoms with Gasteiger partial charge in [0, 0.05) is 10.2 Å². The van der Waals surface area contributed by atoms with Crippen LogP contribution in [0.1, 0.15) is 16.2 Å². The molecule has 0 spiro atoms. The summed E-state index contributed by atoms with van der Waals surface area (Å²) in [6, 6.07) is 3.55. The lowest BCUT2D eigenvalue weighted by molar-refractivity contribution is 0.0994. The van der Waals surface area contributed by atoms with Gasteiger partial charge in [0.15, 0.2) is 0 Å². The molecule has 0 saturated heterocycles. The fourth-order valence-electron chi connectivity index (χ4n) is 0.713. The highest BCUT2D eigenvalue weighted by Gasteiger charge is 2.06. The number of aromatic nitrogens is 1. The summed E-state index contributed by atoms with van der Waals surface area (Å²) in [6.07, 6.45) is 0. The van der Waals surface area contributed by atoms with E-state index in [-0.39, 0.29) is 5.69 Å². The molecule has 1 rings (SSSR count). The van der Waals surface area contributed by atoms with E-state index in [9.17, 15) is 4.79 Å². The molecule has 4 heteroatoms. The molecule has 11 heavy (non-hydrogen) atoms. The molecule has 0 unspecified atom stereocenters. The first-order valence-corrected chi connectivity index (χ1v) is 3.83. The van der Waals surface area contributed by atoms with Gasteiger partial charge in [0.25, 0.3) is 5.91 Å². The Bertz CT molecular complexity index is 298. The lowest BCUT2D eigenvalue weighted by Gasteiger charge is -1.98. The van der Waals surface area contributed by atoms with E-state index in [1.54, 1.807) is 19.1 Å². The first-order valence-electron chi connectivity index (χ1n) is 3.04. The molecular weight excluding hydrogens is 208 g/mol. The second-order valence-electron chi connectivity index (χ2n) is 2.15. The molecule has 58 valence electrons. The van der Waals surface area contributed by atoms with Crippen molar-refractivity contribution in [1.29, 1.82) is 0 Å². The number of halogens is 1. The van der Waals surface area contributed by atoms with E-state index in [4.69, 9.17) is 5.73 Å². The van der Waals surface area contributed by atoms with Gasteiger partial charge < -0.3 is 5.73 Å². The molecule has 0 atom stereocenters. The number of primary amides is 1. The number of amides is 1. The lowest BCUT2D eigenvalue weighted by Crippen LogP contribution is -2.14. The van der Waals surface area contributed by atoms with Gasteiger partial charge in [0.05, 0.1) is 0 Å². The van der Waals surface area contributed by atoms with Gasteiger partial charge in [-0.15, -0.1) is 0 Å². The maximum Gasteiger partial charge on any atom is 0.268 e. The molecule has 1 heterocycles. The smallest absolute Gasteiger partial charge is 0.268 e. The van der Waals surface area contributed by atoms with Crippen molar-refractivity contribution in [2.45, 2.75) is 6.92 Å². The molecule has 1 aromatic rings. The summed E-state index contributed by atoms with van der Waals surface area (Å²) in [4.78, 5) is 14.7. The zero-order valence-corrected chi connectivity index (χ0v) is 7.55. The lowest BCUT2D eigenvalue weighted by atomic mass is 10.3. The summed E-state index contributed by atoms with van der Waals surface area (Å²) in [6.45, 7) is 1.80. The number of nitrogens with zero attached hydrogens (tertiary/aromatic N) is 1. The SMILES string of the molecule is Cc1ccc(Br)c(C(N)=O)n1. The van der Waals surface area contributed by atoms with Gasteiger partial charge in [0.2, 0.25) is 0 Å². The van der Waals surface area contributed by atoms with Crippen molar-refractivity contribution in [3.63, 3.8) is 0 Å². The van der Waals surface area contributed by atoms with Gasteiger partial charge >= 0.3 is 0 Å². The van der Waals surface area contributed by atoms with Crippen LogP contribution in [0.25, 0.3) is 0 Å². The Morgan fingerprint density at radius 2 is 2.27 bits per heavy atom. The Morgan fingerprint density at radius 3 is 2.73 bits per heavy atom. The monoisotopic (exact) mass is 214 g/mol. The summed E-state index contributed by atoms with van der Waals surface area (Å²) < 4.78 is 0.635.